The van der Waals surface area contributed by atoms with Crippen LogP contribution < -0.4 is 0 Å². The lowest BCUT2D eigenvalue weighted by atomic mass is 9.85. The molecule has 0 heterocycles. The van der Waals surface area contributed by atoms with Crippen molar-refractivity contribution >= 4 is 11.8 Å². The molecule has 0 amide bonds. The molecule has 0 N–H and O–H groups in total. The lowest BCUT2D eigenvalue weighted by molar-refractivity contribution is -0.149. The molecule has 1 unspecified atom stereocenters. The second kappa shape index (κ2) is 5.89. The molecule has 1 atom stereocenters. The lowest BCUT2D eigenvalue weighted by Gasteiger charge is -2.21. The Bertz CT molecular complexity index is 226. The van der Waals surface area contributed by atoms with Gasteiger partial charge < -0.3 is 4.74 Å². The Labute approximate surface area is 92.2 Å². The van der Waals surface area contributed by atoms with Crippen LogP contribution in [0.15, 0.2) is 0 Å². The van der Waals surface area contributed by atoms with Crippen LogP contribution in [0.3, 0.4) is 0 Å². The minimum absolute atomic E-state index is 0.0475. The van der Waals surface area contributed by atoms with E-state index in [-0.39, 0.29) is 29.7 Å². The third kappa shape index (κ3) is 8.16. The molecule has 0 spiro atoms. The van der Waals surface area contributed by atoms with Gasteiger partial charge in [-0.1, -0.05) is 27.7 Å². The van der Waals surface area contributed by atoms with Gasteiger partial charge in [0.2, 0.25) is 0 Å². The number of esters is 1. The fourth-order valence-electron chi connectivity index (χ4n) is 1.44. The van der Waals surface area contributed by atoms with Crippen LogP contribution in [0.1, 0.15) is 47.5 Å². The Morgan fingerprint density at radius 3 is 2.20 bits per heavy atom. The second-order valence-electron chi connectivity index (χ2n) is 5.29. The zero-order valence-corrected chi connectivity index (χ0v) is 10.4. The number of rotatable bonds is 5. The maximum Gasteiger partial charge on any atom is 0.308 e. The fraction of sp³-hybridized carbons (Fsp3) is 0.833. The first kappa shape index (κ1) is 14.1. The summed E-state index contributed by atoms with van der Waals surface area (Å²) < 4.78 is 5.00. The molecule has 15 heavy (non-hydrogen) atoms. The highest BCUT2D eigenvalue weighted by Crippen LogP contribution is 2.24. The fourth-order valence-corrected chi connectivity index (χ4v) is 1.44. The van der Waals surface area contributed by atoms with Gasteiger partial charge in [0.25, 0.3) is 0 Å². The molecule has 0 aliphatic carbocycles. The summed E-state index contributed by atoms with van der Waals surface area (Å²) in [6.45, 7) is 9.83. The van der Waals surface area contributed by atoms with Crippen molar-refractivity contribution < 1.29 is 14.3 Å². The van der Waals surface area contributed by atoms with Gasteiger partial charge in [0.1, 0.15) is 5.78 Å². The van der Waals surface area contributed by atoms with Crippen LogP contribution in [0.5, 0.6) is 0 Å². The summed E-state index contributed by atoms with van der Waals surface area (Å²) in [5, 5.41) is 0. The van der Waals surface area contributed by atoms with Crippen LogP contribution in [-0.2, 0) is 14.3 Å². The zero-order valence-electron chi connectivity index (χ0n) is 10.4. The van der Waals surface area contributed by atoms with E-state index in [2.05, 4.69) is 20.8 Å². The number of hydrogen-bond donors (Lipinski definition) is 0. The van der Waals surface area contributed by atoms with Crippen LogP contribution in [0.4, 0.5) is 0 Å². The first-order chi connectivity index (χ1) is 6.72. The molecule has 0 aromatic heterocycles. The van der Waals surface area contributed by atoms with Gasteiger partial charge in [0.05, 0.1) is 12.5 Å². The zero-order chi connectivity index (χ0) is 12.1. The molecule has 0 rings (SSSR count). The highest BCUT2D eigenvalue weighted by atomic mass is 16.5. The maximum absolute atomic E-state index is 11.5. The van der Waals surface area contributed by atoms with Gasteiger partial charge in [-0.3, -0.25) is 9.59 Å². The van der Waals surface area contributed by atoms with Crippen molar-refractivity contribution in [2.24, 2.45) is 11.3 Å². The highest BCUT2D eigenvalue weighted by Gasteiger charge is 2.21. The molecule has 88 valence electrons. The van der Waals surface area contributed by atoms with Gasteiger partial charge in [-0.2, -0.15) is 0 Å². The number of hydrogen-bond acceptors (Lipinski definition) is 3. The average Bonchev–Trinajstić information content (AvgIpc) is 1.99. The molecule has 3 heteroatoms. The van der Waals surface area contributed by atoms with Gasteiger partial charge in [-0.25, -0.2) is 0 Å². The van der Waals surface area contributed by atoms with Crippen LogP contribution in [0.25, 0.3) is 0 Å². The van der Waals surface area contributed by atoms with Crippen LogP contribution >= 0.6 is 0 Å². The molecule has 3 nitrogen and oxygen atoms in total. The summed E-state index contributed by atoms with van der Waals surface area (Å²) in [5.74, 6) is -0.255. The molecular weight excluding hydrogens is 192 g/mol. The normalized spacial score (nSPS) is 13.4. The Kier molecular flexibility index (Phi) is 5.55. The molecule has 0 radical (unpaired) electrons. The molecule has 0 aliphatic heterocycles. The standard InChI is InChI=1S/C12H22O3/c1-9(8-12(3,4)5)11(14)15-7-6-10(2)13/h9H,6-8H2,1-5H3. The van der Waals surface area contributed by atoms with E-state index in [0.717, 1.165) is 6.42 Å². The molecule has 0 aliphatic rings. The summed E-state index contributed by atoms with van der Waals surface area (Å²) in [4.78, 5) is 22.1. The quantitative estimate of drug-likeness (QED) is 0.661. The monoisotopic (exact) mass is 214 g/mol. The van der Waals surface area contributed by atoms with Gasteiger partial charge >= 0.3 is 5.97 Å². The van der Waals surface area contributed by atoms with E-state index < -0.39 is 0 Å². The van der Waals surface area contributed by atoms with Gasteiger partial charge in [0.15, 0.2) is 0 Å². The van der Waals surface area contributed by atoms with Crippen molar-refractivity contribution in [3.05, 3.63) is 0 Å². The van der Waals surface area contributed by atoms with E-state index in [1.807, 2.05) is 6.92 Å². The predicted octanol–water partition coefficient (Wildman–Crippen LogP) is 2.58. The van der Waals surface area contributed by atoms with E-state index in [0.29, 0.717) is 6.42 Å². The number of carbonyl (C=O) groups is 2. The van der Waals surface area contributed by atoms with E-state index in [9.17, 15) is 9.59 Å². The van der Waals surface area contributed by atoms with Crippen molar-refractivity contribution in [1.82, 2.24) is 0 Å². The minimum Gasteiger partial charge on any atom is -0.465 e. The highest BCUT2D eigenvalue weighted by molar-refractivity contribution is 5.76. The summed E-state index contributed by atoms with van der Waals surface area (Å²) in [6.07, 6.45) is 1.11. The average molecular weight is 214 g/mol. The van der Waals surface area contributed by atoms with Gasteiger partial charge in [-0.05, 0) is 18.8 Å². The van der Waals surface area contributed by atoms with Crippen molar-refractivity contribution in [1.29, 1.82) is 0 Å². The topological polar surface area (TPSA) is 43.4 Å². The Hall–Kier alpha value is -0.860. The number of ether oxygens (including phenoxy) is 1. The van der Waals surface area contributed by atoms with Crippen molar-refractivity contribution in [3.8, 4) is 0 Å². The number of carbonyl (C=O) groups excluding carboxylic acids is 2. The summed E-state index contributed by atoms with van der Waals surface area (Å²) >= 11 is 0. The van der Waals surface area contributed by atoms with Crippen molar-refractivity contribution in [3.63, 3.8) is 0 Å². The van der Waals surface area contributed by atoms with Crippen molar-refractivity contribution in [2.75, 3.05) is 6.61 Å². The second-order valence-corrected chi connectivity index (χ2v) is 5.29. The SMILES string of the molecule is CC(=O)CCOC(=O)C(C)CC(C)(C)C. The smallest absolute Gasteiger partial charge is 0.308 e. The molecule has 0 aromatic carbocycles. The predicted molar refractivity (Wildman–Crippen MR) is 59.5 cm³/mol. The largest absolute Gasteiger partial charge is 0.465 e. The van der Waals surface area contributed by atoms with E-state index in [1.54, 1.807) is 0 Å². The number of ketones is 1. The molecule has 0 saturated heterocycles. The minimum atomic E-state index is -0.203. The molecule has 0 fully saturated rings. The maximum atomic E-state index is 11.5. The Balaban J connectivity index is 3.85. The third-order valence-corrected chi connectivity index (χ3v) is 2.02. The summed E-state index contributed by atoms with van der Waals surface area (Å²) in [5.41, 5.74) is 0.124. The lowest BCUT2D eigenvalue weighted by Crippen LogP contribution is -2.21. The van der Waals surface area contributed by atoms with Gasteiger partial charge in [-0.15, -0.1) is 0 Å². The van der Waals surface area contributed by atoms with E-state index in [1.165, 1.54) is 6.92 Å². The first-order valence-corrected chi connectivity index (χ1v) is 5.38. The van der Waals surface area contributed by atoms with E-state index >= 15 is 0 Å². The van der Waals surface area contributed by atoms with Crippen LogP contribution in [0.2, 0.25) is 0 Å². The molecule has 0 saturated carbocycles. The summed E-state index contributed by atoms with van der Waals surface area (Å²) in [7, 11) is 0. The van der Waals surface area contributed by atoms with Gasteiger partial charge in [0, 0.05) is 6.42 Å². The molecule has 0 aromatic rings. The first-order valence-electron chi connectivity index (χ1n) is 5.38. The number of Topliss-reactive ketones (excluding diaryl/α,β-unsaturated/α-hetero) is 1. The Morgan fingerprint density at radius 2 is 1.80 bits per heavy atom. The van der Waals surface area contributed by atoms with Crippen LogP contribution in [-0.4, -0.2) is 18.4 Å². The Morgan fingerprint density at radius 1 is 1.27 bits per heavy atom. The summed E-state index contributed by atoms with van der Waals surface area (Å²) in [6, 6.07) is 0. The van der Waals surface area contributed by atoms with E-state index in [4.69, 9.17) is 4.74 Å². The van der Waals surface area contributed by atoms with Crippen molar-refractivity contribution in [2.45, 2.75) is 47.5 Å². The van der Waals surface area contributed by atoms with Crippen LogP contribution in [0, 0.1) is 11.3 Å². The third-order valence-electron chi connectivity index (χ3n) is 2.02. The molecule has 0 bridgehead atoms. The molecular formula is C12H22O3.